The van der Waals surface area contributed by atoms with Gasteiger partial charge in [-0.3, -0.25) is 4.79 Å². The van der Waals surface area contributed by atoms with Crippen molar-refractivity contribution >= 4 is 11.9 Å². The summed E-state index contributed by atoms with van der Waals surface area (Å²) in [5, 5.41) is 20.6. The number of hydrogen-bond acceptors (Lipinski definition) is 3. The van der Waals surface area contributed by atoms with Gasteiger partial charge in [-0.15, -0.1) is 0 Å². The number of rotatable bonds is 6. The van der Waals surface area contributed by atoms with Crippen LogP contribution in [0.5, 0.6) is 0 Å². The summed E-state index contributed by atoms with van der Waals surface area (Å²) in [5.74, 6) is -1.67. The number of hydrogen-bond donors (Lipinski definition) is 3. The first-order valence-electron chi connectivity index (χ1n) is 6.15. The molecule has 1 rings (SSSR count). The number of aliphatic carboxylic acids is 1. The first kappa shape index (κ1) is 15.2. The van der Waals surface area contributed by atoms with Crippen LogP contribution in [0, 0.1) is 0 Å². The van der Waals surface area contributed by atoms with Gasteiger partial charge in [-0.2, -0.15) is 0 Å². The summed E-state index contributed by atoms with van der Waals surface area (Å²) in [6, 6.07) is 7.65. The van der Waals surface area contributed by atoms with Gasteiger partial charge in [-0.05, 0) is 24.5 Å². The van der Waals surface area contributed by atoms with Gasteiger partial charge in [0.05, 0.1) is 13.0 Å². The summed E-state index contributed by atoms with van der Waals surface area (Å²) < 4.78 is 0. The Morgan fingerprint density at radius 1 is 1.32 bits per heavy atom. The topological polar surface area (TPSA) is 86.6 Å². The van der Waals surface area contributed by atoms with Gasteiger partial charge >= 0.3 is 5.97 Å². The third-order valence-electron chi connectivity index (χ3n) is 2.85. The van der Waals surface area contributed by atoms with E-state index >= 15 is 0 Å². The van der Waals surface area contributed by atoms with E-state index in [-0.39, 0.29) is 18.9 Å². The average Bonchev–Trinajstić information content (AvgIpc) is 2.36. The number of carboxylic acid groups (broad SMARTS) is 1. The summed E-state index contributed by atoms with van der Waals surface area (Å²) in [6.07, 6.45) is 1.06. The molecule has 5 heteroatoms. The number of aryl methyl sites for hydroxylation is 1. The second-order valence-electron chi connectivity index (χ2n) is 4.71. The van der Waals surface area contributed by atoms with Gasteiger partial charge in [0.15, 0.2) is 5.60 Å². The van der Waals surface area contributed by atoms with Crippen LogP contribution < -0.4 is 5.32 Å². The lowest BCUT2D eigenvalue weighted by atomic mass is 10.1. The van der Waals surface area contributed by atoms with E-state index < -0.39 is 11.6 Å². The van der Waals surface area contributed by atoms with E-state index in [0.29, 0.717) is 0 Å². The van der Waals surface area contributed by atoms with Gasteiger partial charge in [-0.25, -0.2) is 4.79 Å². The van der Waals surface area contributed by atoms with E-state index in [1.807, 2.05) is 31.2 Å². The van der Waals surface area contributed by atoms with Crippen molar-refractivity contribution in [1.29, 1.82) is 0 Å². The van der Waals surface area contributed by atoms with Crippen molar-refractivity contribution in [2.45, 2.75) is 32.3 Å². The maximum Gasteiger partial charge on any atom is 0.337 e. The van der Waals surface area contributed by atoms with Gasteiger partial charge in [0.2, 0.25) is 5.91 Å². The molecule has 5 nitrogen and oxygen atoms in total. The normalized spacial score (nSPS) is 13.6. The summed E-state index contributed by atoms with van der Waals surface area (Å²) in [5.41, 5.74) is 0.0654. The van der Waals surface area contributed by atoms with Crippen molar-refractivity contribution in [3.63, 3.8) is 0 Å². The molecular weight excluding hydrogens is 246 g/mol. The molecule has 0 saturated heterocycles. The maximum atomic E-state index is 11.7. The standard InChI is InChI=1S/C14H19NO4/c1-3-10-5-4-6-11(7-10)8-12(16)15-9-14(2,19)13(17)18/h4-7,19H,3,8-9H2,1-2H3,(H,15,16)(H,17,18). The van der Waals surface area contributed by atoms with E-state index in [9.17, 15) is 14.7 Å². The summed E-state index contributed by atoms with van der Waals surface area (Å²) in [4.78, 5) is 22.3. The summed E-state index contributed by atoms with van der Waals surface area (Å²) >= 11 is 0. The average molecular weight is 265 g/mol. The van der Waals surface area contributed by atoms with Gasteiger partial charge in [0.25, 0.3) is 0 Å². The number of benzene rings is 1. The minimum Gasteiger partial charge on any atom is -0.479 e. The molecule has 0 radical (unpaired) electrons. The summed E-state index contributed by atoms with van der Waals surface area (Å²) in [7, 11) is 0. The largest absolute Gasteiger partial charge is 0.479 e. The van der Waals surface area contributed by atoms with Crippen molar-refractivity contribution in [2.75, 3.05) is 6.54 Å². The fourth-order valence-corrected chi connectivity index (χ4v) is 1.55. The van der Waals surface area contributed by atoms with Crippen molar-refractivity contribution < 1.29 is 19.8 Å². The smallest absolute Gasteiger partial charge is 0.337 e. The van der Waals surface area contributed by atoms with Gasteiger partial charge in [0, 0.05) is 0 Å². The third-order valence-corrected chi connectivity index (χ3v) is 2.85. The monoisotopic (exact) mass is 265 g/mol. The highest BCUT2D eigenvalue weighted by atomic mass is 16.4. The Kier molecular flexibility index (Phi) is 5.06. The Hall–Kier alpha value is -1.88. The molecule has 1 amide bonds. The Morgan fingerprint density at radius 3 is 2.53 bits per heavy atom. The van der Waals surface area contributed by atoms with E-state index in [2.05, 4.69) is 5.32 Å². The molecule has 0 bridgehead atoms. The molecule has 1 aromatic rings. The van der Waals surface area contributed by atoms with Crippen LogP contribution in [0.25, 0.3) is 0 Å². The molecule has 0 aliphatic rings. The van der Waals surface area contributed by atoms with E-state index in [1.54, 1.807) is 0 Å². The molecule has 104 valence electrons. The third kappa shape index (κ3) is 4.71. The Balaban J connectivity index is 2.54. The second-order valence-corrected chi connectivity index (χ2v) is 4.71. The highest BCUT2D eigenvalue weighted by Crippen LogP contribution is 2.07. The quantitative estimate of drug-likeness (QED) is 0.708. The van der Waals surface area contributed by atoms with E-state index in [4.69, 9.17) is 5.11 Å². The van der Waals surface area contributed by atoms with Crippen LogP contribution in [0.15, 0.2) is 24.3 Å². The summed E-state index contributed by atoms with van der Waals surface area (Å²) in [6.45, 7) is 2.87. The minimum atomic E-state index is -1.94. The van der Waals surface area contributed by atoms with Crippen LogP contribution in [-0.4, -0.2) is 34.2 Å². The van der Waals surface area contributed by atoms with Crippen molar-refractivity contribution in [3.8, 4) is 0 Å². The lowest BCUT2D eigenvalue weighted by Gasteiger charge is -2.18. The molecule has 0 aliphatic heterocycles. The number of amides is 1. The fraction of sp³-hybridized carbons (Fsp3) is 0.429. The van der Waals surface area contributed by atoms with E-state index in [0.717, 1.165) is 24.5 Å². The SMILES string of the molecule is CCc1cccc(CC(=O)NCC(C)(O)C(=O)O)c1. The molecule has 0 saturated carbocycles. The molecule has 1 atom stereocenters. The molecule has 0 fully saturated rings. The fourth-order valence-electron chi connectivity index (χ4n) is 1.55. The van der Waals surface area contributed by atoms with Crippen LogP contribution in [0.4, 0.5) is 0 Å². The van der Waals surface area contributed by atoms with Crippen molar-refractivity contribution in [1.82, 2.24) is 5.32 Å². The molecule has 3 N–H and O–H groups in total. The number of aliphatic hydroxyl groups is 1. The van der Waals surface area contributed by atoms with Gasteiger partial charge in [-0.1, -0.05) is 31.2 Å². The zero-order chi connectivity index (χ0) is 14.5. The predicted octanol–water partition coefficient (Wildman–Crippen LogP) is 0.743. The Bertz CT molecular complexity index is 468. The van der Waals surface area contributed by atoms with Gasteiger partial charge in [0.1, 0.15) is 0 Å². The first-order valence-corrected chi connectivity index (χ1v) is 6.15. The number of carbonyl (C=O) groups excluding carboxylic acids is 1. The molecule has 1 unspecified atom stereocenters. The first-order chi connectivity index (χ1) is 8.85. The minimum absolute atomic E-state index is 0.170. The Morgan fingerprint density at radius 2 is 1.95 bits per heavy atom. The highest BCUT2D eigenvalue weighted by molar-refractivity contribution is 5.81. The zero-order valence-electron chi connectivity index (χ0n) is 11.1. The van der Waals surface area contributed by atoms with Crippen molar-refractivity contribution in [2.24, 2.45) is 0 Å². The van der Waals surface area contributed by atoms with Gasteiger partial charge < -0.3 is 15.5 Å². The molecule has 0 heterocycles. The molecule has 0 aromatic heterocycles. The van der Waals surface area contributed by atoms with Crippen LogP contribution in [0.3, 0.4) is 0 Å². The molecule has 1 aromatic carbocycles. The number of nitrogens with one attached hydrogen (secondary N) is 1. The van der Waals surface area contributed by atoms with Crippen LogP contribution in [-0.2, 0) is 22.4 Å². The second kappa shape index (κ2) is 6.33. The lowest BCUT2D eigenvalue weighted by Crippen LogP contribution is -2.46. The van der Waals surface area contributed by atoms with Crippen LogP contribution >= 0.6 is 0 Å². The Labute approximate surface area is 112 Å². The number of carbonyl (C=O) groups is 2. The lowest BCUT2D eigenvalue weighted by molar-refractivity contribution is -0.156. The maximum absolute atomic E-state index is 11.7. The highest BCUT2D eigenvalue weighted by Gasteiger charge is 2.30. The zero-order valence-corrected chi connectivity index (χ0v) is 11.1. The van der Waals surface area contributed by atoms with Crippen LogP contribution in [0.1, 0.15) is 25.0 Å². The molecular formula is C14H19NO4. The van der Waals surface area contributed by atoms with Crippen molar-refractivity contribution in [3.05, 3.63) is 35.4 Å². The molecule has 0 aliphatic carbocycles. The number of carboxylic acids is 1. The predicted molar refractivity (Wildman–Crippen MR) is 70.8 cm³/mol. The van der Waals surface area contributed by atoms with Crippen LogP contribution in [0.2, 0.25) is 0 Å². The van der Waals surface area contributed by atoms with E-state index in [1.165, 1.54) is 0 Å². The molecule has 0 spiro atoms. The molecule has 19 heavy (non-hydrogen) atoms.